The standard InChI is InChI=1S/C15H15NO6S2/c1-7(14(19)20)16-13(18)11(24-15(16)23)6-8-4-9(21-2)12(17)10(5-8)22-3/h4-7,17H,1-3H3,(H,19,20)/b11-6-/t7-/m1/s1. The number of methoxy groups -OCH3 is 2. The van der Waals surface area contributed by atoms with E-state index >= 15 is 0 Å². The second kappa shape index (κ2) is 7.10. The number of carbonyl (C=O) groups is 2. The number of thiocarbonyl (C=S) groups is 1. The third-order valence-electron chi connectivity index (χ3n) is 3.37. The molecule has 0 bridgehead atoms. The Bertz CT molecular complexity index is 720. The average Bonchev–Trinajstić information content (AvgIpc) is 2.81. The normalized spacial score (nSPS) is 17.3. The van der Waals surface area contributed by atoms with Crippen LogP contribution in [0.4, 0.5) is 0 Å². The maximum atomic E-state index is 12.4. The molecule has 0 aliphatic carbocycles. The summed E-state index contributed by atoms with van der Waals surface area (Å²) in [6.45, 7) is 1.39. The van der Waals surface area contributed by atoms with Gasteiger partial charge in [0, 0.05) is 0 Å². The highest BCUT2D eigenvalue weighted by Gasteiger charge is 2.38. The van der Waals surface area contributed by atoms with Crippen LogP contribution in [0.3, 0.4) is 0 Å². The van der Waals surface area contributed by atoms with Gasteiger partial charge in [-0.25, -0.2) is 4.79 Å². The molecule has 0 radical (unpaired) electrons. The highest BCUT2D eigenvalue weighted by Crippen LogP contribution is 2.39. The number of rotatable bonds is 5. The maximum absolute atomic E-state index is 12.4. The molecule has 1 aliphatic heterocycles. The number of phenols is 1. The van der Waals surface area contributed by atoms with E-state index in [-0.39, 0.29) is 26.5 Å². The number of benzene rings is 1. The van der Waals surface area contributed by atoms with Crippen LogP contribution in [-0.2, 0) is 9.59 Å². The van der Waals surface area contributed by atoms with E-state index in [4.69, 9.17) is 26.8 Å². The lowest BCUT2D eigenvalue weighted by Crippen LogP contribution is -2.41. The van der Waals surface area contributed by atoms with Crippen LogP contribution in [0.25, 0.3) is 6.08 Å². The van der Waals surface area contributed by atoms with Gasteiger partial charge in [-0.15, -0.1) is 0 Å². The van der Waals surface area contributed by atoms with Crippen molar-refractivity contribution in [2.24, 2.45) is 0 Å². The summed E-state index contributed by atoms with van der Waals surface area (Å²) in [6, 6.07) is 2.02. The first kappa shape index (κ1) is 18.1. The minimum Gasteiger partial charge on any atom is -0.502 e. The van der Waals surface area contributed by atoms with Gasteiger partial charge in [0.25, 0.3) is 5.91 Å². The molecule has 0 unspecified atom stereocenters. The summed E-state index contributed by atoms with van der Waals surface area (Å²) in [7, 11) is 2.79. The number of nitrogens with zero attached hydrogens (tertiary/aromatic N) is 1. The molecule has 2 N–H and O–H groups in total. The first-order valence-corrected chi connectivity index (χ1v) is 7.97. The summed E-state index contributed by atoms with van der Waals surface area (Å²) in [6.07, 6.45) is 1.54. The number of aromatic hydroxyl groups is 1. The van der Waals surface area contributed by atoms with E-state index in [2.05, 4.69) is 0 Å². The van der Waals surface area contributed by atoms with Gasteiger partial charge in [-0.05, 0) is 30.7 Å². The number of ether oxygens (including phenoxy) is 2. The lowest BCUT2D eigenvalue weighted by molar-refractivity contribution is -0.144. The van der Waals surface area contributed by atoms with Crippen LogP contribution in [0.15, 0.2) is 17.0 Å². The number of carboxylic acid groups (broad SMARTS) is 1. The Labute approximate surface area is 147 Å². The molecule has 1 saturated heterocycles. The van der Waals surface area contributed by atoms with Crippen LogP contribution in [0.2, 0.25) is 0 Å². The molecule has 1 heterocycles. The van der Waals surface area contributed by atoms with Gasteiger partial charge in [-0.3, -0.25) is 9.69 Å². The Morgan fingerprint density at radius 1 is 1.33 bits per heavy atom. The van der Waals surface area contributed by atoms with E-state index in [0.29, 0.717) is 5.56 Å². The fourth-order valence-electron chi connectivity index (χ4n) is 2.07. The molecule has 9 heteroatoms. The van der Waals surface area contributed by atoms with E-state index in [1.165, 1.54) is 33.3 Å². The van der Waals surface area contributed by atoms with Crippen LogP contribution < -0.4 is 9.47 Å². The van der Waals surface area contributed by atoms with E-state index in [0.717, 1.165) is 16.7 Å². The van der Waals surface area contributed by atoms with Gasteiger partial charge in [0.05, 0.1) is 19.1 Å². The lowest BCUT2D eigenvalue weighted by Gasteiger charge is -2.18. The van der Waals surface area contributed by atoms with Crippen molar-refractivity contribution in [2.45, 2.75) is 13.0 Å². The fraction of sp³-hybridized carbons (Fsp3) is 0.267. The molecule has 1 aromatic carbocycles. The predicted molar refractivity (Wildman–Crippen MR) is 93.3 cm³/mol. The van der Waals surface area contributed by atoms with E-state index in [1.807, 2.05) is 0 Å². The Balaban J connectivity index is 2.41. The zero-order chi connectivity index (χ0) is 18.0. The van der Waals surface area contributed by atoms with Crippen molar-refractivity contribution in [3.05, 3.63) is 22.6 Å². The number of carboxylic acids is 1. The second-order valence-electron chi connectivity index (χ2n) is 4.84. The van der Waals surface area contributed by atoms with Gasteiger partial charge in [-0.2, -0.15) is 0 Å². The van der Waals surface area contributed by atoms with Gasteiger partial charge in [0.2, 0.25) is 5.75 Å². The molecule has 1 fully saturated rings. The number of aliphatic carboxylic acids is 1. The lowest BCUT2D eigenvalue weighted by atomic mass is 10.1. The van der Waals surface area contributed by atoms with Crippen molar-refractivity contribution in [2.75, 3.05) is 14.2 Å². The monoisotopic (exact) mass is 369 g/mol. The van der Waals surface area contributed by atoms with Gasteiger partial charge in [0.1, 0.15) is 10.4 Å². The van der Waals surface area contributed by atoms with Crippen LogP contribution in [0.5, 0.6) is 17.2 Å². The molecule has 1 amide bonds. The number of thioether (sulfide) groups is 1. The molecule has 1 aromatic rings. The molecule has 1 atom stereocenters. The third kappa shape index (κ3) is 3.31. The Kier molecular flexibility index (Phi) is 5.35. The first-order chi connectivity index (χ1) is 11.3. The summed E-state index contributed by atoms with van der Waals surface area (Å²) in [4.78, 5) is 24.9. The van der Waals surface area contributed by atoms with Crippen molar-refractivity contribution in [1.29, 1.82) is 0 Å². The molecule has 2 rings (SSSR count). The summed E-state index contributed by atoms with van der Waals surface area (Å²) < 4.78 is 10.3. The van der Waals surface area contributed by atoms with Gasteiger partial charge in [-0.1, -0.05) is 24.0 Å². The highest BCUT2D eigenvalue weighted by molar-refractivity contribution is 8.26. The quantitative estimate of drug-likeness (QED) is 0.602. The van der Waals surface area contributed by atoms with E-state index in [9.17, 15) is 14.7 Å². The largest absolute Gasteiger partial charge is 0.502 e. The highest BCUT2D eigenvalue weighted by atomic mass is 32.2. The smallest absolute Gasteiger partial charge is 0.326 e. The topological polar surface area (TPSA) is 96.3 Å². The maximum Gasteiger partial charge on any atom is 0.326 e. The molecular formula is C15H15NO6S2. The Morgan fingerprint density at radius 3 is 2.33 bits per heavy atom. The first-order valence-electron chi connectivity index (χ1n) is 6.75. The van der Waals surface area contributed by atoms with Gasteiger partial charge < -0.3 is 19.7 Å². The number of hydrogen-bond donors (Lipinski definition) is 2. The summed E-state index contributed by atoms with van der Waals surface area (Å²) >= 11 is 6.11. The zero-order valence-electron chi connectivity index (χ0n) is 13.1. The average molecular weight is 369 g/mol. The molecular weight excluding hydrogens is 354 g/mol. The fourth-order valence-corrected chi connectivity index (χ4v) is 3.49. The van der Waals surface area contributed by atoms with Gasteiger partial charge >= 0.3 is 5.97 Å². The molecule has 1 aliphatic rings. The number of amides is 1. The summed E-state index contributed by atoms with van der Waals surface area (Å²) in [5, 5.41) is 19.0. The van der Waals surface area contributed by atoms with E-state index in [1.54, 1.807) is 6.08 Å². The summed E-state index contributed by atoms with van der Waals surface area (Å²) in [5.74, 6) is -1.39. The van der Waals surface area contributed by atoms with Crippen LogP contribution in [0, 0.1) is 0 Å². The van der Waals surface area contributed by atoms with Crippen LogP contribution in [0.1, 0.15) is 12.5 Å². The van der Waals surface area contributed by atoms with Crippen molar-refractivity contribution >= 4 is 46.3 Å². The molecule has 24 heavy (non-hydrogen) atoms. The van der Waals surface area contributed by atoms with E-state index < -0.39 is 17.9 Å². The zero-order valence-corrected chi connectivity index (χ0v) is 14.7. The molecule has 0 spiro atoms. The third-order valence-corrected chi connectivity index (χ3v) is 4.70. The van der Waals surface area contributed by atoms with Crippen LogP contribution >= 0.6 is 24.0 Å². The number of phenolic OH excluding ortho intramolecular Hbond substituents is 1. The Morgan fingerprint density at radius 2 is 1.88 bits per heavy atom. The second-order valence-corrected chi connectivity index (χ2v) is 6.52. The molecule has 0 aromatic heterocycles. The van der Waals surface area contributed by atoms with Crippen LogP contribution in [-0.4, -0.2) is 51.6 Å². The van der Waals surface area contributed by atoms with Gasteiger partial charge in [0.15, 0.2) is 11.5 Å². The van der Waals surface area contributed by atoms with Crippen molar-refractivity contribution in [3.63, 3.8) is 0 Å². The number of carbonyl (C=O) groups excluding carboxylic acids is 1. The Hall–Kier alpha value is -2.26. The molecule has 0 saturated carbocycles. The minimum atomic E-state index is -1.14. The molecule has 7 nitrogen and oxygen atoms in total. The SMILES string of the molecule is COc1cc(/C=C2\SC(=S)N([C@H](C)C(=O)O)C2=O)cc(OC)c1O. The van der Waals surface area contributed by atoms with Crippen molar-refractivity contribution in [1.82, 2.24) is 4.90 Å². The summed E-state index contributed by atoms with van der Waals surface area (Å²) in [5.41, 5.74) is 0.546. The number of hydrogen-bond acceptors (Lipinski definition) is 7. The molecule has 128 valence electrons. The van der Waals surface area contributed by atoms with Crippen molar-refractivity contribution in [3.8, 4) is 17.2 Å². The predicted octanol–water partition coefficient (Wildman–Crippen LogP) is 2.08. The minimum absolute atomic E-state index is 0.149. The van der Waals surface area contributed by atoms with Crippen molar-refractivity contribution < 1.29 is 29.3 Å².